The van der Waals surface area contributed by atoms with Crippen molar-refractivity contribution in [3.05, 3.63) is 70.9 Å². The van der Waals surface area contributed by atoms with E-state index in [0.717, 1.165) is 34.3 Å². The van der Waals surface area contributed by atoms with E-state index in [1.54, 1.807) is 6.92 Å². The normalized spacial score (nSPS) is 17.8. The molecule has 1 aliphatic heterocycles. The predicted octanol–water partition coefficient (Wildman–Crippen LogP) is 4.53. The van der Waals surface area contributed by atoms with Crippen LogP contribution in [-0.4, -0.2) is 41.5 Å². The summed E-state index contributed by atoms with van der Waals surface area (Å²) in [6.45, 7) is 6.33. The SMILES string of the molecule is CCOC(=O)C1CN(C(=O)c2ccc(F)c(F)c2)CC(C)(C)c2c1[nH]c1ccccc21. The van der Waals surface area contributed by atoms with Crippen LogP contribution in [0.5, 0.6) is 0 Å². The minimum absolute atomic E-state index is 0.0349. The second-order valence-electron chi connectivity index (χ2n) is 8.46. The van der Waals surface area contributed by atoms with Gasteiger partial charge in [0.05, 0.1) is 6.61 Å². The molecule has 3 aromatic rings. The van der Waals surface area contributed by atoms with Gasteiger partial charge in [0.15, 0.2) is 11.6 Å². The molecule has 0 saturated carbocycles. The molecule has 0 aliphatic carbocycles. The fraction of sp³-hybridized carbons (Fsp3) is 0.333. The number of para-hydroxylation sites is 1. The van der Waals surface area contributed by atoms with Gasteiger partial charge in [-0.25, -0.2) is 8.78 Å². The van der Waals surface area contributed by atoms with Crippen LogP contribution >= 0.6 is 0 Å². The maximum absolute atomic E-state index is 13.8. The van der Waals surface area contributed by atoms with Gasteiger partial charge in [-0.1, -0.05) is 32.0 Å². The Morgan fingerprint density at radius 1 is 1.16 bits per heavy atom. The van der Waals surface area contributed by atoms with Crippen molar-refractivity contribution in [2.75, 3.05) is 19.7 Å². The average Bonchev–Trinajstić information content (AvgIpc) is 3.07. The number of esters is 1. The lowest BCUT2D eigenvalue weighted by Crippen LogP contribution is -2.41. The van der Waals surface area contributed by atoms with Crippen molar-refractivity contribution in [2.45, 2.75) is 32.1 Å². The first kappa shape index (κ1) is 21.0. The maximum atomic E-state index is 13.8. The number of halogens is 2. The number of amides is 1. The third-order valence-electron chi connectivity index (χ3n) is 5.77. The van der Waals surface area contributed by atoms with Gasteiger partial charge in [0.1, 0.15) is 5.92 Å². The third-order valence-corrected chi connectivity index (χ3v) is 5.77. The van der Waals surface area contributed by atoms with Gasteiger partial charge in [0, 0.05) is 40.7 Å². The van der Waals surface area contributed by atoms with Gasteiger partial charge in [-0.05, 0) is 36.8 Å². The van der Waals surface area contributed by atoms with Gasteiger partial charge < -0.3 is 14.6 Å². The zero-order valence-electron chi connectivity index (χ0n) is 17.7. The molecular weight excluding hydrogens is 402 g/mol. The van der Waals surface area contributed by atoms with Gasteiger partial charge in [0.25, 0.3) is 5.91 Å². The van der Waals surface area contributed by atoms with E-state index in [9.17, 15) is 18.4 Å². The highest BCUT2D eigenvalue weighted by Crippen LogP contribution is 2.41. The predicted molar refractivity (Wildman–Crippen MR) is 113 cm³/mol. The lowest BCUT2D eigenvalue weighted by molar-refractivity contribution is -0.145. The molecular formula is C24H24F2N2O3. The summed E-state index contributed by atoms with van der Waals surface area (Å²) in [5.74, 6) is -3.72. The largest absolute Gasteiger partial charge is 0.465 e. The number of hydrogen-bond acceptors (Lipinski definition) is 3. The Morgan fingerprint density at radius 3 is 2.61 bits per heavy atom. The number of ether oxygens (including phenoxy) is 1. The molecule has 1 aromatic heterocycles. The summed E-state index contributed by atoms with van der Waals surface area (Å²) >= 11 is 0. The van der Waals surface area contributed by atoms with Gasteiger partial charge in [-0.2, -0.15) is 0 Å². The highest BCUT2D eigenvalue weighted by molar-refractivity contribution is 5.96. The molecule has 2 aromatic carbocycles. The third kappa shape index (κ3) is 3.69. The Bertz CT molecular complexity index is 1170. The molecule has 0 radical (unpaired) electrons. The summed E-state index contributed by atoms with van der Waals surface area (Å²) in [7, 11) is 0. The molecule has 4 rings (SSSR count). The number of aromatic nitrogens is 1. The highest BCUT2D eigenvalue weighted by atomic mass is 19.2. The van der Waals surface area contributed by atoms with Crippen LogP contribution in [0.3, 0.4) is 0 Å². The molecule has 31 heavy (non-hydrogen) atoms. The number of benzene rings is 2. The highest BCUT2D eigenvalue weighted by Gasteiger charge is 2.41. The standard InChI is InChI=1S/C24H24F2N2O3/c1-4-31-23(30)16-12-28(22(29)14-9-10-17(25)18(26)11-14)13-24(2,3)20-15-7-5-6-8-19(15)27-21(16)20/h5-11,16,27H,4,12-13H2,1-3H3. The van der Waals surface area contributed by atoms with E-state index in [1.807, 2.05) is 38.1 Å². The second kappa shape index (κ2) is 7.80. The molecule has 2 heterocycles. The summed E-state index contributed by atoms with van der Waals surface area (Å²) in [5, 5.41) is 0.985. The Hall–Kier alpha value is -3.22. The van der Waals surface area contributed by atoms with Crippen LogP contribution in [0.1, 0.15) is 48.3 Å². The Kier molecular flexibility index (Phi) is 5.29. The summed E-state index contributed by atoms with van der Waals surface area (Å²) in [6.07, 6.45) is 0. The first-order chi connectivity index (χ1) is 14.7. The minimum Gasteiger partial charge on any atom is -0.465 e. The van der Waals surface area contributed by atoms with Crippen molar-refractivity contribution in [3.63, 3.8) is 0 Å². The van der Waals surface area contributed by atoms with E-state index in [0.29, 0.717) is 6.54 Å². The zero-order chi connectivity index (χ0) is 22.3. The first-order valence-electron chi connectivity index (χ1n) is 10.2. The van der Waals surface area contributed by atoms with E-state index in [1.165, 1.54) is 11.0 Å². The number of carbonyl (C=O) groups excluding carboxylic acids is 2. The molecule has 0 saturated heterocycles. The quantitative estimate of drug-likeness (QED) is 0.626. The van der Waals surface area contributed by atoms with Crippen molar-refractivity contribution < 1.29 is 23.1 Å². The summed E-state index contributed by atoms with van der Waals surface area (Å²) in [5.41, 5.74) is 2.12. The van der Waals surface area contributed by atoms with Crippen LogP contribution in [0.2, 0.25) is 0 Å². The van der Waals surface area contributed by atoms with E-state index >= 15 is 0 Å². The number of rotatable bonds is 3. The molecule has 0 spiro atoms. The van der Waals surface area contributed by atoms with Crippen molar-refractivity contribution in [1.29, 1.82) is 0 Å². The van der Waals surface area contributed by atoms with E-state index < -0.39 is 34.8 Å². The van der Waals surface area contributed by atoms with Gasteiger partial charge >= 0.3 is 5.97 Å². The van der Waals surface area contributed by atoms with Crippen molar-refractivity contribution >= 4 is 22.8 Å². The molecule has 1 N–H and O–H groups in total. The zero-order valence-corrected chi connectivity index (χ0v) is 17.7. The van der Waals surface area contributed by atoms with Crippen LogP contribution in [0.4, 0.5) is 8.78 Å². The maximum Gasteiger partial charge on any atom is 0.316 e. The van der Waals surface area contributed by atoms with Gasteiger partial charge in [0.2, 0.25) is 0 Å². The van der Waals surface area contributed by atoms with Crippen LogP contribution in [0.15, 0.2) is 42.5 Å². The number of aromatic amines is 1. The number of nitrogens with zero attached hydrogens (tertiary/aromatic N) is 1. The first-order valence-corrected chi connectivity index (χ1v) is 10.2. The summed E-state index contributed by atoms with van der Waals surface area (Å²) in [6, 6.07) is 10.9. The number of carbonyl (C=O) groups is 2. The fourth-order valence-electron chi connectivity index (χ4n) is 4.49. The molecule has 1 amide bonds. The van der Waals surface area contributed by atoms with E-state index in [4.69, 9.17) is 4.74 Å². The smallest absolute Gasteiger partial charge is 0.316 e. The molecule has 5 nitrogen and oxygen atoms in total. The molecule has 162 valence electrons. The van der Waals surface area contributed by atoms with Crippen molar-refractivity contribution in [2.24, 2.45) is 0 Å². The van der Waals surface area contributed by atoms with E-state index in [-0.39, 0.29) is 18.7 Å². The summed E-state index contributed by atoms with van der Waals surface area (Å²) in [4.78, 5) is 31.0. The van der Waals surface area contributed by atoms with Crippen LogP contribution in [-0.2, 0) is 14.9 Å². The van der Waals surface area contributed by atoms with E-state index in [2.05, 4.69) is 4.98 Å². The Balaban J connectivity index is 1.82. The Labute approximate surface area is 179 Å². The molecule has 1 atom stereocenters. The number of fused-ring (bicyclic) bond motifs is 3. The summed E-state index contributed by atoms with van der Waals surface area (Å²) < 4.78 is 32.4. The lowest BCUT2D eigenvalue weighted by atomic mass is 9.81. The number of nitrogens with one attached hydrogen (secondary N) is 1. The molecule has 0 bridgehead atoms. The lowest BCUT2D eigenvalue weighted by Gasteiger charge is -2.31. The monoisotopic (exact) mass is 426 g/mol. The Morgan fingerprint density at radius 2 is 1.90 bits per heavy atom. The van der Waals surface area contributed by atoms with Crippen molar-refractivity contribution in [3.8, 4) is 0 Å². The molecule has 1 unspecified atom stereocenters. The average molecular weight is 426 g/mol. The number of hydrogen-bond donors (Lipinski definition) is 1. The minimum atomic E-state index is -1.09. The fourth-order valence-corrected chi connectivity index (χ4v) is 4.49. The molecule has 0 fully saturated rings. The van der Waals surface area contributed by atoms with Gasteiger partial charge in [-0.15, -0.1) is 0 Å². The van der Waals surface area contributed by atoms with Crippen molar-refractivity contribution in [1.82, 2.24) is 9.88 Å². The molecule has 1 aliphatic rings. The number of H-pyrrole nitrogens is 1. The van der Waals surface area contributed by atoms with Crippen LogP contribution in [0, 0.1) is 11.6 Å². The van der Waals surface area contributed by atoms with Crippen LogP contribution in [0.25, 0.3) is 10.9 Å². The second-order valence-corrected chi connectivity index (χ2v) is 8.46. The topological polar surface area (TPSA) is 62.4 Å². The van der Waals surface area contributed by atoms with Gasteiger partial charge in [-0.3, -0.25) is 9.59 Å². The molecule has 7 heteroatoms. The van der Waals surface area contributed by atoms with Crippen LogP contribution < -0.4 is 0 Å².